The first-order chi connectivity index (χ1) is 31.0. The summed E-state index contributed by atoms with van der Waals surface area (Å²) in [5.41, 5.74) is 0. The third-order valence-electron chi connectivity index (χ3n) is 11.5. The highest BCUT2D eigenvalue weighted by molar-refractivity contribution is 5.71. The summed E-state index contributed by atoms with van der Waals surface area (Å²) >= 11 is 0. The monoisotopic (exact) mass is 881 g/mol. The van der Waals surface area contributed by atoms with Crippen molar-refractivity contribution in [2.75, 3.05) is 13.2 Å². The molecule has 0 aromatic heterocycles. The molecule has 1 unspecified atom stereocenters. The Morgan fingerprint density at radius 3 is 0.968 bits per heavy atom. The lowest BCUT2D eigenvalue weighted by Gasteiger charge is -2.18. The summed E-state index contributed by atoms with van der Waals surface area (Å²) in [7, 11) is 0. The maximum atomic E-state index is 12.7. The zero-order chi connectivity index (χ0) is 45.8. The van der Waals surface area contributed by atoms with Crippen molar-refractivity contribution in [2.24, 2.45) is 0 Å². The van der Waals surface area contributed by atoms with Crippen LogP contribution in [0, 0.1) is 0 Å². The van der Waals surface area contributed by atoms with Gasteiger partial charge in [-0.15, -0.1) is 0 Å². The van der Waals surface area contributed by atoms with Gasteiger partial charge in [0.05, 0.1) is 0 Å². The van der Waals surface area contributed by atoms with Crippen molar-refractivity contribution in [3.8, 4) is 0 Å². The van der Waals surface area contributed by atoms with Crippen LogP contribution in [-0.4, -0.2) is 37.2 Å². The standard InChI is InChI=1S/C57H100O6/c1-4-7-10-13-16-19-20-21-22-23-24-25-26-27-28-29-30-31-32-33-34-35-36-39-41-44-47-50-56(59)62-53-54(63-57(60)51-48-45-42-38-18-15-12-9-6-3)52-61-55(58)49-46-43-40-37-17-14-11-8-5-2/h7,10,16,19,21-22,24-25,27-28,54H,4-6,8-9,11-15,17-18,20,23,26,29-53H2,1-3H3/b10-7-,19-16-,22-21-,25-24-,28-27-. The van der Waals surface area contributed by atoms with Crippen LogP contribution in [0.15, 0.2) is 60.8 Å². The number of carbonyl (C=O) groups excluding carboxylic acids is 3. The first-order valence-corrected chi connectivity index (χ1v) is 26.8. The maximum absolute atomic E-state index is 12.7. The number of hydrogen-bond donors (Lipinski definition) is 0. The lowest BCUT2D eigenvalue weighted by atomic mass is 10.0. The average Bonchev–Trinajstić information content (AvgIpc) is 3.28. The van der Waals surface area contributed by atoms with Gasteiger partial charge in [0.25, 0.3) is 0 Å². The minimum atomic E-state index is -0.768. The van der Waals surface area contributed by atoms with Gasteiger partial charge in [-0.2, -0.15) is 0 Å². The lowest BCUT2D eigenvalue weighted by Crippen LogP contribution is -2.30. The van der Waals surface area contributed by atoms with Gasteiger partial charge in [0.1, 0.15) is 13.2 Å². The molecule has 0 aromatic carbocycles. The molecule has 0 saturated carbocycles. The predicted molar refractivity (Wildman–Crippen MR) is 270 cm³/mol. The summed E-state index contributed by atoms with van der Waals surface area (Å²) < 4.78 is 16.7. The fraction of sp³-hybridized carbons (Fsp3) is 0.772. The first kappa shape index (κ1) is 60.1. The highest BCUT2D eigenvalue weighted by Crippen LogP contribution is 2.15. The molecule has 6 nitrogen and oxygen atoms in total. The van der Waals surface area contributed by atoms with Crippen LogP contribution < -0.4 is 0 Å². The van der Waals surface area contributed by atoms with E-state index in [4.69, 9.17) is 14.2 Å². The molecule has 63 heavy (non-hydrogen) atoms. The summed E-state index contributed by atoms with van der Waals surface area (Å²) in [6.07, 6.45) is 63.7. The number of allylic oxidation sites excluding steroid dienone is 10. The Kier molecular flexibility index (Phi) is 49.4. The molecular weight excluding hydrogens is 781 g/mol. The number of unbranched alkanes of at least 4 members (excludes halogenated alkanes) is 27. The molecule has 0 amide bonds. The van der Waals surface area contributed by atoms with Crippen LogP contribution in [0.3, 0.4) is 0 Å². The Hall–Kier alpha value is -2.89. The minimum absolute atomic E-state index is 0.0713. The summed E-state index contributed by atoms with van der Waals surface area (Å²) in [6, 6.07) is 0. The van der Waals surface area contributed by atoms with E-state index in [1.807, 2.05) is 0 Å². The van der Waals surface area contributed by atoms with Gasteiger partial charge < -0.3 is 14.2 Å². The first-order valence-electron chi connectivity index (χ1n) is 26.8. The van der Waals surface area contributed by atoms with Crippen molar-refractivity contribution < 1.29 is 28.6 Å². The van der Waals surface area contributed by atoms with Crippen molar-refractivity contribution >= 4 is 17.9 Å². The molecule has 364 valence electrons. The van der Waals surface area contributed by atoms with E-state index in [1.165, 1.54) is 135 Å². The molecule has 0 aromatic rings. The summed E-state index contributed by atoms with van der Waals surface area (Å²) in [6.45, 7) is 6.49. The normalized spacial score (nSPS) is 12.5. The Bertz CT molecular complexity index is 1150. The second-order valence-electron chi connectivity index (χ2n) is 17.8. The Morgan fingerprint density at radius 1 is 0.333 bits per heavy atom. The van der Waals surface area contributed by atoms with Crippen LogP contribution in [0.25, 0.3) is 0 Å². The van der Waals surface area contributed by atoms with E-state index in [0.717, 1.165) is 89.9 Å². The summed E-state index contributed by atoms with van der Waals surface area (Å²) in [5, 5.41) is 0. The SMILES string of the molecule is CC/C=C\C/C=C\C/C=C\C/C=C\C/C=C\CCCCCCCCCCCCCC(=O)OCC(COC(=O)CCCCCCCCCCC)OC(=O)CCCCCCCCCCC. The van der Waals surface area contributed by atoms with Gasteiger partial charge in [-0.3, -0.25) is 14.4 Å². The summed E-state index contributed by atoms with van der Waals surface area (Å²) in [5.74, 6) is -0.874. The van der Waals surface area contributed by atoms with Crippen molar-refractivity contribution in [1.82, 2.24) is 0 Å². The maximum Gasteiger partial charge on any atom is 0.306 e. The number of ether oxygens (including phenoxy) is 3. The van der Waals surface area contributed by atoms with Crippen molar-refractivity contribution in [3.05, 3.63) is 60.8 Å². The van der Waals surface area contributed by atoms with E-state index in [9.17, 15) is 14.4 Å². The molecule has 0 N–H and O–H groups in total. The van der Waals surface area contributed by atoms with Crippen LogP contribution >= 0.6 is 0 Å². The van der Waals surface area contributed by atoms with E-state index >= 15 is 0 Å². The molecule has 0 spiro atoms. The Labute approximate surface area is 390 Å². The molecule has 0 bridgehead atoms. The zero-order valence-electron chi connectivity index (χ0n) is 41.6. The van der Waals surface area contributed by atoms with Gasteiger partial charge in [0.2, 0.25) is 0 Å². The van der Waals surface area contributed by atoms with Crippen LogP contribution in [0.4, 0.5) is 0 Å². The molecule has 0 aliphatic rings. The highest BCUT2D eigenvalue weighted by atomic mass is 16.6. The average molecular weight is 881 g/mol. The van der Waals surface area contributed by atoms with Gasteiger partial charge in [-0.25, -0.2) is 0 Å². The minimum Gasteiger partial charge on any atom is -0.462 e. The topological polar surface area (TPSA) is 78.9 Å². The lowest BCUT2D eigenvalue weighted by molar-refractivity contribution is -0.167. The van der Waals surface area contributed by atoms with Gasteiger partial charge in [-0.05, 0) is 64.2 Å². The van der Waals surface area contributed by atoms with E-state index in [2.05, 4.69) is 81.5 Å². The molecule has 1 atom stereocenters. The zero-order valence-corrected chi connectivity index (χ0v) is 41.6. The smallest absolute Gasteiger partial charge is 0.306 e. The summed E-state index contributed by atoms with van der Waals surface area (Å²) in [4.78, 5) is 37.8. The largest absolute Gasteiger partial charge is 0.462 e. The van der Waals surface area contributed by atoms with Gasteiger partial charge in [-0.1, -0.05) is 242 Å². The van der Waals surface area contributed by atoms with E-state index in [1.54, 1.807) is 0 Å². The molecular formula is C57H100O6. The predicted octanol–water partition coefficient (Wildman–Crippen LogP) is 17.6. The Balaban J connectivity index is 4.10. The highest BCUT2D eigenvalue weighted by Gasteiger charge is 2.19. The number of esters is 3. The molecule has 0 aliphatic heterocycles. The van der Waals surface area contributed by atoms with Gasteiger partial charge in [0.15, 0.2) is 6.10 Å². The van der Waals surface area contributed by atoms with Crippen molar-refractivity contribution in [3.63, 3.8) is 0 Å². The second kappa shape index (κ2) is 51.7. The van der Waals surface area contributed by atoms with E-state index < -0.39 is 6.10 Å². The van der Waals surface area contributed by atoms with Gasteiger partial charge >= 0.3 is 17.9 Å². The molecule has 0 fully saturated rings. The molecule has 0 aliphatic carbocycles. The molecule has 0 saturated heterocycles. The second-order valence-corrected chi connectivity index (χ2v) is 17.8. The van der Waals surface area contributed by atoms with E-state index in [-0.39, 0.29) is 31.1 Å². The quantitative estimate of drug-likeness (QED) is 0.0262. The third kappa shape index (κ3) is 50.0. The molecule has 0 radical (unpaired) electrons. The molecule has 0 rings (SSSR count). The molecule has 6 heteroatoms. The van der Waals surface area contributed by atoms with Crippen molar-refractivity contribution in [1.29, 1.82) is 0 Å². The third-order valence-corrected chi connectivity index (χ3v) is 11.5. The van der Waals surface area contributed by atoms with Gasteiger partial charge in [0, 0.05) is 19.3 Å². The number of hydrogen-bond acceptors (Lipinski definition) is 6. The Morgan fingerprint density at radius 2 is 0.619 bits per heavy atom. The van der Waals surface area contributed by atoms with E-state index in [0.29, 0.717) is 19.3 Å². The number of rotatable bonds is 48. The fourth-order valence-electron chi connectivity index (χ4n) is 7.53. The number of carbonyl (C=O) groups is 3. The van der Waals surface area contributed by atoms with Crippen LogP contribution in [0.5, 0.6) is 0 Å². The van der Waals surface area contributed by atoms with Crippen molar-refractivity contribution in [2.45, 2.75) is 271 Å². The fourth-order valence-corrected chi connectivity index (χ4v) is 7.53. The van der Waals surface area contributed by atoms with Crippen LogP contribution in [0.2, 0.25) is 0 Å². The van der Waals surface area contributed by atoms with Crippen LogP contribution in [0.1, 0.15) is 265 Å². The van der Waals surface area contributed by atoms with Crippen LogP contribution in [-0.2, 0) is 28.6 Å². The molecule has 0 heterocycles.